The van der Waals surface area contributed by atoms with E-state index in [1.165, 1.54) is 5.56 Å². The molecular formula is C28H30N2O2. The molecule has 3 aromatic carbocycles. The highest BCUT2D eigenvalue weighted by Gasteiger charge is 2.15. The minimum atomic E-state index is -0.598. The lowest BCUT2D eigenvalue weighted by atomic mass is 10.1. The van der Waals surface area contributed by atoms with Crippen molar-refractivity contribution in [2.75, 3.05) is 13.6 Å². The third-order valence-corrected chi connectivity index (χ3v) is 5.86. The number of aryl methyl sites for hydroxylation is 2. The van der Waals surface area contributed by atoms with Crippen LogP contribution in [-0.4, -0.2) is 28.2 Å². The Morgan fingerprint density at radius 1 is 0.906 bits per heavy atom. The summed E-state index contributed by atoms with van der Waals surface area (Å²) in [7, 11) is 1.94. The zero-order valence-electron chi connectivity index (χ0n) is 19.0. The molecular weight excluding hydrogens is 396 g/mol. The second-order valence-corrected chi connectivity index (χ2v) is 8.74. The van der Waals surface area contributed by atoms with Gasteiger partial charge in [-0.1, -0.05) is 72.3 Å². The maximum Gasteiger partial charge on any atom is 0.255 e. The lowest BCUT2D eigenvalue weighted by molar-refractivity contribution is 0.123. The van der Waals surface area contributed by atoms with Crippen LogP contribution in [0.2, 0.25) is 0 Å². The van der Waals surface area contributed by atoms with Crippen molar-refractivity contribution >= 4 is 10.9 Å². The lowest BCUT2D eigenvalue weighted by Gasteiger charge is -2.22. The Morgan fingerprint density at radius 2 is 1.66 bits per heavy atom. The van der Waals surface area contributed by atoms with E-state index in [0.717, 1.165) is 33.2 Å². The fourth-order valence-corrected chi connectivity index (χ4v) is 4.24. The summed E-state index contributed by atoms with van der Waals surface area (Å²) >= 11 is 0. The van der Waals surface area contributed by atoms with Crippen molar-refractivity contribution in [1.29, 1.82) is 0 Å². The number of aliphatic hydroxyl groups excluding tert-OH is 1. The van der Waals surface area contributed by atoms with Crippen molar-refractivity contribution in [3.05, 3.63) is 117 Å². The standard InChI is InChI=1S/C28H30N2O2/c1-20-8-7-9-22(14-20)17-30-26-15-21(2)12-13-24(26)16-25(28(30)32)18-29(3)19-27(31)23-10-5-4-6-11-23/h4-16,27,31H,17-19H2,1-3H3/t27-/m0/s1. The normalized spacial score (nSPS) is 12.4. The van der Waals surface area contributed by atoms with Crippen LogP contribution < -0.4 is 5.56 Å². The minimum absolute atomic E-state index is 0.0191. The van der Waals surface area contributed by atoms with E-state index in [0.29, 0.717) is 19.6 Å². The highest BCUT2D eigenvalue weighted by molar-refractivity contribution is 5.80. The van der Waals surface area contributed by atoms with Crippen LogP contribution in [0.1, 0.15) is 33.9 Å². The van der Waals surface area contributed by atoms with Gasteiger partial charge in [-0.3, -0.25) is 9.69 Å². The first-order valence-electron chi connectivity index (χ1n) is 11.0. The van der Waals surface area contributed by atoms with Gasteiger partial charge in [-0.2, -0.15) is 0 Å². The van der Waals surface area contributed by atoms with E-state index in [9.17, 15) is 9.90 Å². The zero-order chi connectivity index (χ0) is 22.7. The van der Waals surface area contributed by atoms with E-state index >= 15 is 0 Å². The van der Waals surface area contributed by atoms with Crippen molar-refractivity contribution in [2.45, 2.75) is 33.0 Å². The maximum atomic E-state index is 13.5. The van der Waals surface area contributed by atoms with Crippen molar-refractivity contribution in [3.63, 3.8) is 0 Å². The monoisotopic (exact) mass is 426 g/mol. The van der Waals surface area contributed by atoms with E-state index in [4.69, 9.17) is 0 Å². The van der Waals surface area contributed by atoms with E-state index < -0.39 is 6.10 Å². The van der Waals surface area contributed by atoms with Crippen LogP contribution in [0, 0.1) is 13.8 Å². The largest absolute Gasteiger partial charge is 0.387 e. The zero-order valence-corrected chi connectivity index (χ0v) is 19.0. The Bertz CT molecular complexity index is 1280. The number of fused-ring (bicyclic) bond motifs is 1. The van der Waals surface area contributed by atoms with Crippen molar-refractivity contribution in [3.8, 4) is 0 Å². The summed E-state index contributed by atoms with van der Waals surface area (Å²) < 4.78 is 1.88. The summed E-state index contributed by atoms with van der Waals surface area (Å²) in [5.74, 6) is 0. The van der Waals surface area contributed by atoms with Gasteiger partial charge in [0, 0.05) is 18.7 Å². The van der Waals surface area contributed by atoms with Crippen LogP contribution in [0.15, 0.2) is 83.7 Å². The van der Waals surface area contributed by atoms with Gasteiger partial charge in [0.2, 0.25) is 0 Å². The van der Waals surface area contributed by atoms with Gasteiger partial charge in [-0.15, -0.1) is 0 Å². The minimum Gasteiger partial charge on any atom is -0.387 e. The number of nitrogens with zero attached hydrogens (tertiary/aromatic N) is 2. The SMILES string of the molecule is Cc1cccc(Cn2c(=O)c(CN(C)C[C@H](O)c3ccccc3)cc3ccc(C)cc32)c1. The topological polar surface area (TPSA) is 45.5 Å². The summed E-state index contributed by atoms with van der Waals surface area (Å²) in [6.07, 6.45) is -0.598. The average molecular weight is 427 g/mol. The summed E-state index contributed by atoms with van der Waals surface area (Å²) in [4.78, 5) is 15.6. The van der Waals surface area contributed by atoms with Crippen molar-refractivity contribution in [1.82, 2.24) is 9.47 Å². The molecule has 32 heavy (non-hydrogen) atoms. The molecule has 0 aliphatic carbocycles. The fourth-order valence-electron chi connectivity index (χ4n) is 4.24. The number of hydrogen-bond donors (Lipinski definition) is 1. The molecule has 0 fully saturated rings. The molecule has 0 radical (unpaired) electrons. The summed E-state index contributed by atoms with van der Waals surface area (Å²) in [6.45, 7) is 5.57. The smallest absolute Gasteiger partial charge is 0.255 e. The summed E-state index contributed by atoms with van der Waals surface area (Å²) in [6, 6.07) is 26.2. The fraction of sp³-hybridized carbons (Fsp3) is 0.250. The molecule has 1 heterocycles. The molecule has 0 saturated heterocycles. The van der Waals surface area contributed by atoms with Crippen LogP contribution in [0.3, 0.4) is 0 Å². The van der Waals surface area contributed by atoms with Crippen LogP contribution in [0.25, 0.3) is 10.9 Å². The molecule has 1 atom stereocenters. The van der Waals surface area contributed by atoms with E-state index in [2.05, 4.69) is 43.3 Å². The molecule has 0 aliphatic heterocycles. The molecule has 4 heteroatoms. The quantitative estimate of drug-likeness (QED) is 0.460. The number of aromatic nitrogens is 1. The number of pyridine rings is 1. The van der Waals surface area contributed by atoms with E-state index in [-0.39, 0.29) is 5.56 Å². The van der Waals surface area contributed by atoms with E-state index in [1.807, 2.05) is 65.9 Å². The van der Waals surface area contributed by atoms with Crippen molar-refractivity contribution < 1.29 is 5.11 Å². The van der Waals surface area contributed by atoms with Crippen LogP contribution in [0.4, 0.5) is 0 Å². The number of rotatable bonds is 7. The second-order valence-electron chi connectivity index (χ2n) is 8.74. The molecule has 1 aromatic heterocycles. The Balaban J connectivity index is 1.66. The first-order chi connectivity index (χ1) is 15.4. The van der Waals surface area contributed by atoms with Crippen LogP contribution in [0.5, 0.6) is 0 Å². The summed E-state index contributed by atoms with van der Waals surface area (Å²) in [5.41, 5.74) is 6.01. The van der Waals surface area contributed by atoms with Gasteiger partial charge in [0.1, 0.15) is 0 Å². The van der Waals surface area contributed by atoms with E-state index in [1.54, 1.807) is 0 Å². The van der Waals surface area contributed by atoms with Gasteiger partial charge in [0.05, 0.1) is 18.2 Å². The third kappa shape index (κ3) is 4.98. The molecule has 0 spiro atoms. The van der Waals surface area contributed by atoms with Gasteiger partial charge >= 0.3 is 0 Å². The highest BCUT2D eigenvalue weighted by atomic mass is 16.3. The van der Waals surface area contributed by atoms with Gasteiger partial charge < -0.3 is 9.67 Å². The number of hydrogen-bond acceptors (Lipinski definition) is 3. The van der Waals surface area contributed by atoms with Gasteiger partial charge in [0.25, 0.3) is 5.56 Å². The number of benzene rings is 3. The Morgan fingerprint density at radius 3 is 2.41 bits per heavy atom. The molecule has 164 valence electrons. The predicted octanol–water partition coefficient (Wildman–Crippen LogP) is 4.83. The molecule has 4 nitrogen and oxygen atoms in total. The Labute approximate surface area is 189 Å². The molecule has 0 amide bonds. The molecule has 1 N–H and O–H groups in total. The number of aliphatic hydroxyl groups is 1. The van der Waals surface area contributed by atoms with Gasteiger partial charge in [0.15, 0.2) is 0 Å². The van der Waals surface area contributed by atoms with Crippen molar-refractivity contribution in [2.24, 2.45) is 0 Å². The average Bonchev–Trinajstić information content (AvgIpc) is 2.77. The molecule has 4 rings (SSSR count). The predicted molar refractivity (Wildman–Crippen MR) is 131 cm³/mol. The molecule has 0 bridgehead atoms. The first kappa shape index (κ1) is 22.0. The van der Waals surface area contributed by atoms with Gasteiger partial charge in [-0.05, 0) is 55.1 Å². The summed E-state index contributed by atoms with van der Waals surface area (Å²) in [5, 5.41) is 11.6. The van der Waals surface area contributed by atoms with Crippen LogP contribution >= 0.6 is 0 Å². The molecule has 0 unspecified atom stereocenters. The highest BCUT2D eigenvalue weighted by Crippen LogP contribution is 2.19. The lowest BCUT2D eigenvalue weighted by Crippen LogP contribution is -2.31. The van der Waals surface area contributed by atoms with Gasteiger partial charge in [-0.25, -0.2) is 0 Å². The molecule has 0 aliphatic rings. The Kier molecular flexibility index (Phi) is 6.54. The third-order valence-electron chi connectivity index (χ3n) is 5.86. The second kappa shape index (κ2) is 9.51. The molecule has 0 saturated carbocycles. The first-order valence-corrected chi connectivity index (χ1v) is 11.0. The maximum absolute atomic E-state index is 13.5. The van der Waals surface area contributed by atoms with Crippen LogP contribution in [-0.2, 0) is 13.1 Å². The number of likely N-dealkylation sites (N-methyl/N-ethyl adjacent to an activating group) is 1. The molecule has 4 aromatic rings. The Hall–Kier alpha value is -3.21.